The van der Waals surface area contributed by atoms with Crippen molar-refractivity contribution in [3.63, 3.8) is 0 Å². The van der Waals surface area contributed by atoms with Crippen molar-refractivity contribution in [2.24, 2.45) is 0 Å². The van der Waals surface area contributed by atoms with E-state index < -0.39 is 8.07 Å². The lowest BCUT2D eigenvalue weighted by atomic mass is 10.1. The average Bonchev–Trinajstić information content (AvgIpc) is 3.21. The molecule has 0 atom stereocenters. The first-order valence-corrected chi connectivity index (χ1v) is 14.7. The fraction of sp³-hybridized carbons (Fsp3) is 0.625. The van der Waals surface area contributed by atoms with Crippen LogP contribution >= 0.6 is 11.8 Å². The van der Waals surface area contributed by atoms with Gasteiger partial charge in [0.15, 0.2) is 5.16 Å². The number of fused-ring (bicyclic) bond motifs is 1. The SMILES string of the molecule is CSc1ncc2c(C#C[Si](C(C)C)(C(C)C)C(C)C)cc(=O)n(C3CCCC3)c2n1. The third-order valence-corrected chi connectivity index (χ3v) is 13.8. The minimum Gasteiger partial charge on any atom is -0.289 e. The van der Waals surface area contributed by atoms with Crippen molar-refractivity contribution < 1.29 is 0 Å². The highest BCUT2D eigenvalue weighted by Crippen LogP contribution is 2.41. The van der Waals surface area contributed by atoms with Gasteiger partial charge in [-0.05, 0) is 35.7 Å². The van der Waals surface area contributed by atoms with Crippen molar-refractivity contribution in [3.8, 4) is 11.5 Å². The molecule has 2 heterocycles. The second-order valence-electron chi connectivity index (χ2n) is 9.45. The summed E-state index contributed by atoms with van der Waals surface area (Å²) >= 11 is 1.51. The maximum atomic E-state index is 13.2. The summed E-state index contributed by atoms with van der Waals surface area (Å²) in [6.07, 6.45) is 8.27. The lowest BCUT2D eigenvalue weighted by Gasteiger charge is -2.38. The van der Waals surface area contributed by atoms with Crippen LogP contribution in [0.4, 0.5) is 0 Å². The quantitative estimate of drug-likeness (QED) is 0.240. The van der Waals surface area contributed by atoms with E-state index in [0.29, 0.717) is 21.8 Å². The summed E-state index contributed by atoms with van der Waals surface area (Å²) in [4.78, 5) is 22.5. The van der Waals surface area contributed by atoms with Gasteiger partial charge in [-0.1, -0.05) is 72.1 Å². The highest BCUT2D eigenvalue weighted by atomic mass is 32.2. The summed E-state index contributed by atoms with van der Waals surface area (Å²) in [7, 11) is -1.89. The molecule has 0 aliphatic heterocycles. The predicted octanol–water partition coefficient (Wildman–Crippen LogP) is 6.20. The van der Waals surface area contributed by atoms with Crippen molar-refractivity contribution in [3.05, 3.63) is 28.2 Å². The number of pyridine rings is 1. The van der Waals surface area contributed by atoms with Gasteiger partial charge in [-0.2, -0.15) is 0 Å². The predicted molar refractivity (Wildman–Crippen MR) is 131 cm³/mol. The van der Waals surface area contributed by atoms with E-state index in [1.165, 1.54) is 24.6 Å². The standard InChI is InChI=1S/C24H35N3OSSi/c1-16(2)30(17(3)4,18(5)6)13-12-19-14-22(28)27(20-10-8-9-11-20)23-21(19)15-25-24(26-23)29-7/h14-18,20H,8-11H2,1-7H3. The van der Waals surface area contributed by atoms with E-state index in [1.807, 2.05) is 17.0 Å². The molecule has 4 nitrogen and oxygen atoms in total. The first-order valence-electron chi connectivity index (χ1n) is 11.2. The molecule has 6 heteroatoms. The Kier molecular flexibility index (Phi) is 7.14. The van der Waals surface area contributed by atoms with Crippen LogP contribution in [0, 0.1) is 11.5 Å². The monoisotopic (exact) mass is 441 g/mol. The van der Waals surface area contributed by atoms with Gasteiger partial charge in [-0.15, -0.1) is 5.54 Å². The van der Waals surface area contributed by atoms with Crippen LogP contribution in [-0.4, -0.2) is 28.9 Å². The Bertz CT molecular complexity index is 1000. The van der Waals surface area contributed by atoms with Crippen LogP contribution in [0.3, 0.4) is 0 Å². The van der Waals surface area contributed by atoms with E-state index in [0.717, 1.165) is 29.4 Å². The van der Waals surface area contributed by atoms with Gasteiger partial charge in [0.2, 0.25) is 0 Å². The van der Waals surface area contributed by atoms with Gasteiger partial charge in [-0.3, -0.25) is 9.36 Å². The normalized spacial score (nSPS) is 15.4. The van der Waals surface area contributed by atoms with Gasteiger partial charge in [0.05, 0.1) is 5.39 Å². The summed E-state index contributed by atoms with van der Waals surface area (Å²) in [6, 6.07) is 1.97. The Morgan fingerprint density at radius 3 is 2.23 bits per heavy atom. The van der Waals surface area contributed by atoms with Crippen LogP contribution in [-0.2, 0) is 0 Å². The molecule has 2 aromatic rings. The zero-order valence-corrected chi connectivity index (χ0v) is 21.3. The number of rotatable bonds is 5. The van der Waals surface area contributed by atoms with Crippen molar-refractivity contribution >= 4 is 30.9 Å². The molecule has 1 aliphatic carbocycles. The second-order valence-corrected chi connectivity index (χ2v) is 15.8. The average molecular weight is 442 g/mol. The maximum Gasteiger partial charge on any atom is 0.253 e. The van der Waals surface area contributed by atoms with Crippen LogP contribution in [0.15, 0.2) is 22.2 Å². The summed E-state index contributed by atoms with van der Waals surface area (Å²) in [5.74, 6) is 3.48. The van der Waals surface area contributed by atoms with Crippen LogP contribution in [0.2, 0.25) is 16.6 Å². The molecule has 2 aromatic heterocycles. The third kappa shape index (κ3) is 4.11. The molecule has 1 aliphatic rings. The van der Waals surface area contributed by atoms with E-state index in [9.17, 15) is 4.79 Å². The van der Waals surface area contributed by atoms with Crippen LogP contribution in [0.1, 0.15) is 78.8 Å². The van der Waals surface area contributed by atoms with E-state index in [2.05, 4.69) is 58.0 Å². The highest BCUT2D eigenvalue weighted by Gasteiger charge is 2.41. The minimum absolute atomic E-state index is 0.0235. The van der Waals surface area contributed by atoms with E-state index in [4.69, 9.17) is 4.98 Å². The molecule has 30 heavy (non-hydrogen) atoms. The molecule has 0 N–H and O–H groups in total. The molecular weight excluding hydrogens is 406 g/mol. The lowest BCUT2D eigenvalue weighted by molar-refractivity contribution is 0.514. The van der Waals surface area contributed by atoms with E-state index in [-0.39, 0.29) is 11.6 Å². The van der Waals surface area contributed by atoms with Crippen molar-refractivity contribution in [2.75, 3.05) is 6.26 Å². The fourth-order valence-corrected chi connectivity index (χ4v) is 11.0. The Morgan fingerprint density at radius 1 is 1.10 bits per heavy atom. The summed E-state index contributed by atoms with van der Waals surface area (Å²) in [6.45, 7) is 13.9. The Morgan fingerprint density at radius 2 is 1.70 bits per heavy atom. The van der Waals surface area contributed by atoms with Gasteiger partial charge >= 0.3 is 0 Å². The molecular formula is C24H35N3OSSi. The molecule has 1 saturated carbocycles. The van der Waals surface area contributed by atoms with Crippen molar-refractivity contribution in [1.29, 1.82) is 0 Å². The highest BCUT2D eigenvalue weighted by molar-refractivity contribution is 7.98. The van der Waals surface area contributed by atoms with E-state index >= 15 is 0 Å². The molecule has 0 saturated heterocycles. The Balaban J connectivity index is 2.25. The summed E-state index contributed by atoms with van der Waals surface area (Å²) in [5.41, 5.74) is 6.98. The Hall–Kier alpha value is -1.58. The fourth-order valence-electron chi connectivity index (χ4n) is 5.43. The minimum atomic E-state index is -1.89. The van der Waals surface area contributed by atoms with Gasteiger partial charge < -0.3 is 0 Å². The zero-order chi connectivity index (χ0) is 22.1. The topological polar surface area (TPSA) is 47.8 Å². The van der Waals surface area contributed by atoms with Crippen LogP contribution < -0.4 is 5.56 Å². The number of nitrogens with zero attached hydrogens (tertiary/aromatic N) is 3. The molecule has 0 bridgehead atoms. The number of aromatic nitrogens is 3. The smallest absolute Gasteiger partial charge is 0.253 e. The molecule has 1 fully saturated rings. The van der Waals surface area contributed by atoms with E-state index in [1.54, 1.807) is 6.07 Å². The first kappa shape index (κ1) is 23.1. The summed E-state index contributed by atoms with van der Waals surface area (Å²) < 4.78 is 1.91. The van der Waals surface area contributed by atoms with Gasteiger partial charge in [0, 0.05) is 23.9 Å². The van der Waals surface area contributed by atoms with Crippen LogP contribution in [0.25, 0.3) is 11.0 Å². The maximum absolute atomic E-state index is 13.2. The largest absolute Gasteiger partial charge is 0.289 e. The molecule has 0 radical (unpaired) electrons. The van der Waals surface area contributed by atoms with Gasteiger partial charge in [-0.25, -0.2) is 9.97 Å². The van der Waals surface area contributed by atoms with Crippen molar-refractivity contribution in [2.45, 2.75) is 95.0 Å². The van der Waals surface area contributed by atoms with Gasteiger partial charge in [0.25, 0.3) is 5.56 Å². The number of hydrogen-bond acceptors (Lipinski definition) is 4. The molecule has 0 amide bonds. The second kappa shape index (κ2) is 9.28. The molecule has 162 valence electrons. The number of thioether (sulfide) groups is 1. The van der Waals surface area contributed by atoms with Crippen molar-refractivity contribution in [1.82, 2.24) is 14.5 Å². The lowest BCUT2D eigenvalue weighted by Crippen LogP contribution is -2.43. The number of hydrogen-bond donors (Lipinski definition) is 0. The Labute approximate surface area is 186 Å². The summed E-state index contributed by atoms with van der Waals surface area (Å²) in [5, 5.41) is 1.61. The van der Waals surface area contributed by atoms with Crippen LogP contribution in [0.5, 0.6) is 0 Å². The zero-order valence-electron chi connectivity index (χ0n) is 19.5. The first-order chi connectivity index (χ1) is 14.2. The molecule has 0 unspecified atom stereocenters. The van der Waals surface area contributed by atoms with Gasteiger partial charge in [0.1, 0.15) is 13.7 Å². The molecule has 3 rings (SSSR count). The molecule has 0 spiro atoms. The third-order valence-electron chi connectivity index (χ3n) is 6.92. The molecule has 0 aromatic carbocycles.